The number of nitrogens with one attached hydrogen (secondary N) is 1. The molecule has 0 unspecified atom stereocenters. The predicted octanol–water partition coefficient (Wildman–Crippen LogP) is 2.43. The van der Waals surface area contributed by atoms with Crippen molar-refractivity contribution in [3.05, 3.63) is 47.0 Å². The third-order valence-electron chi connectivity index (χ3n) is 4.39. The smallest absolute Gasteiger partial charge is 0.251 e. The Kier molecular flexibility index (Phi) is 5.56. The molecule has 0 atom stereocenters. The number of aromatic nitrogens is 2. The Balaban J connectivity index is 1.60. The molecule has 1 aromatic heterocycles. The number of hydrogen-bond acceptors (Lipinski definition) is 4. The molecular formula is C19H25FN4O2. The summed E-state index contributed by atoms with van der Waals surface area (Å²) < 4.78 is 20.6. The van der Waals surface area contributed by atoms with E-state index in [0.717, 1.165) is 37.6 Å². The van der Waals surface area contributed by atoms with E-state index in [1.807, 2.05) is 10.7 Å². The topological polar surface area (TPSA) is 59.4 Å². The Morgan fingerprint density at radius 1 is 1.35 bits per heavy atom. The lowest BCUT2D eigenvalue weighted by Gasteiger charge is -2.28. The highest BCUT2D eigenvalue weighted by atomic mass is 19.1. The van der Waals surface area contributed by atoms with E-state index in [1.165, 1.54) is 19.2 Å². The van der Waals surface area contributed by atoms with E-state index in [1.54, 1.807) is 6.07 Å². The molecule has 1 N–H and O–H groups in total. The van der Waals surface area contributed by atoms with Gasteiger partial charge in [0.15, 0.2) is 11.6 Å². The molecule has 0 spiro atoms. The Bertz CT molecular complexity index is 788. The van der Waals surface area contributed by atoms with Gasteiger partial charge in [-0.05, 0) is 30.2 Å². The first-order valence-electron chi connectivity index (χ1n) is 8.86. The van der Waals surface area contributed by atoms with Crippen molar-refractivity contribution in [2.75, 3.05) is 20.2 Å². The van der Waals surface area contributed by atoms with Gasteiger partial charge in [-0.25, -0.2) is 4.39 Å². The van der Waals surface area contributed by atoms with Crippen LogP contribution in [0.2, 0.25) is 0 Å². The number of methoxy groups -OCH3 is 1. The quantitative estimate of drug-likeness (QED) is 0.860. The Morgan fingerprint density at radius 2 is 2.15 bits per heavy atom. The second kappa shape index (κ2) is 7.86. The van der Waals surface area contributed by atoms with Gasteiger partial charge >= 0.3 is 0 Å². The maximum absolute atomic E-state index is 13.7. The summed E-state index contributed by atoms with van der Waals surface area (Å²) in [5, 5.41) is 7.35. The number of amides is 1. The average Bonchev–Trinajstić information content (AvgIpc) is 3.01. The van der Waals surface area contributed by atoms with Crippen LogP contribution in [-0.2, 0) is 19.6 Å². The largest absolute Gasteiger partial charge is 0.494 e. The van der Waals surface area contributed by atoms with Gasteiger partial charge in [0.1, 0.15) is 0 Å². The third kappa shape index (κ3) is 4.22. The Labute approximate surface area is 152 Å². The van der Waals surface area contributed by atoms with Crippen molar-refractivity contribution < 1.29 is 13.9 Å². The van der Waals surface area contributed by atoms with Crippen molar-refractivity contribution in [1.82, 2.24) is 20.0 Å². The molecule has 6 nitrogen and oxygen atoms in total. The maximum Gasteiger partial charge on any atom is 0.251 e. The van der Waals surface area contributed by atoms with Gasteiger partial charge in [0.25, 0.3) is 5.91 Å². The SMILES string of the molecule is COc1ccc(C(=O)NCc2cc3n(n2)CCN(CC(C)C)C3)cc1F. The van der Waals surface area contributed by atoms with Crippen molar-refractivity contribution in [1.29, 1.82) is 0 Å². The number of halogens is 1. The van der Waals surface area contributed by atoms with Gasteiger partial charge in [-0.2, -0.15) is 5.10 Å². The summed E-state index contributed by atoms with van der Waals surface area (Å²) in [5.41, 5.74) is 2.24. The molecule has 1 aliphatic heterocycles. The van der Waals surface area contributed by atoms with Gasteiger partial charge < -0.3 is 10.1 Å². The van der Waals surface area contributed by atoms with Crippen molar-refractivity contribution in [2.45, 2.75) is 33.5 Å². The second-order valence-electron chi connectivity index (χ2n) is 7.01. The summed E-state index contributed by atoms with van der Waals surface area (Å²) in [6, 6.07) is 6.19. The van der Waals surface area contributed by atoms with Gasteiger partial charge in [-0.15, -0.1) is 0 Å². The number of fused-ring (bicyclic) bond motifs is 1. The van der Waals surface area contributed by atoms with Crippen molar-refractivity contribution >= 4 is 5.91 Å². The van der Waals surface area contributed by atoms with Crippen LogP contribution in [0, 0.1) is 11.7 Å². The first-order chi connectivity index (χ1) is 12.5. The fourth-order valence-corrected chi connectivity index (χ4v) is 3.22. The van der Waals surface area contributed by atoms with E-state index in [2.05, 4.69) is 29.2 Å². The van der Waals surface area contributed by atoms with Gasteiger partial charge in [-0.3, -0.25) is 14.4 Å². The molecule has 0 saturated carbocycles. The third-order valence-corrected chi connectivity index (χ3v) is 4.39. The van der Waals surface area contributed by atoms with Gasteiger partial charge in [0.2, 0.25) is 0 Å². The van der Waals surface area contributed by atoms with Crippen LogP contribution in [0.25, 0.3) is 0 Å². The summed E-state index contributed by atoms with van der Waals surface area (Å²) in [7, 11) is 1.39. The van der Waals surface area contributed by atoms with Crippen molar-refractivity contribution in [3.8, 4) is 5.75 Å². The number of benzene rings is 1. The molecule has 140 valence electrons. The minimum Gasteiger partial charge on any atom is -0.494 e. The van der Waals surface area contributed by atoms with E-state index in [9.17, 15) is 9.18 Å². The lowest BCUT2D eigenvalue weighted by Crippen LogP contribution is -2.36. The molecule has 0 fully saturated rings. The van der Waals surface area contributed by atoms with E-state index < -0.39 is 5.82 Å². The van der Waals surface area contributed by atoms with E-state index in [4.69, 9.17) is 4.74 Å². The highest BCUT2D eigenvalue weighted by Gasteiger charge is 2.19. The first-order valence-corrected chi connectivity index (χ1v) is 8.86. The van der Waals surface area contributed by atoms with E-state index in [0.29, 0.717) is 12.5 Å². The van der Waals surface area contributed by atoms with Crippen LogP contribution in [0.15, 0.2) is 24.3 Å². The van der Waals surface area contributed by atoms with Crippen molar-refractivity contribution in [2.24, 2.45) is 5.92 Å². The zero-order chi connectivity index (χ0) is 18.7. The molecule has 1 aromatic carbocycles. The molecule has 1 amide bonds. The fourth-order valence-electron chi connectivity index (χ4n) is 3.22. The molecule has 2 aromatic rings. The van der Waals surface area contributed by atoms with Crippen LogP contribution in [0.3, 0.4) is 0 Å². The number of rotatable bonds is 6. The molecule has 26 heavy (non-hydrogen) atoms. The van der Waals surface area contributed by atoms with Gasteiger partial charge in [-0.1, -0.05) is 13.8 Å². The second-order valence-corrected chi connectivity index (χ2v) is 7.01. The van der Waals surface area contributed by atoms with Crippen LogP contribution >= 0.6 is 0 Å². The van der Waals surface area contributed by atoms with Gasteiger partial charge in [0, 0.05) is 25.2 Å². The predicted molar refractivity (Wildman–Crippen MR) is 96.5 cm³/mol. The molecule has 0 radical (unpaired) electrons. The molecular weight excluding hydrogens is 335 g/mol. The fraction of sp³-hybridized carbons (Fsp3) is 0.474. The van der Waals surface area contributed by atoms with Crippen molar-refractivity contribution in [3.63, 3.8) is 0 Å². The summed E-state index contributed by atoms with van der Waals surface area (Å²) in [4.78, 5) is 14.6. The summed E-state index contributed by atoms with van der Waals surface area (Å²) in [6.45, 7) is 8.55. The molecule has 1 aliphatic rings. The lowest BCUT2D eigenvalue weighted by molar-refractivity contribution is 0.0950. The van der Waals surface area contributed by atoms with Crippen LogP contribution < -0.4 is 10.1 Å². The highest BCUT2D eigenvalue weighted by molar-refractivity contribution is 5.94. The van der Waals surface area contributed by atoms with Crippen LogP contribution in [0.5, 0.6) is 5.75 Å². The molecule has 0 aliphatic carbocycles. The summed E-state index contributed by atoms with van der Waals surface area (Å²) in [6.07, 6.45) is 0. The maximum atomic E-state index is 13.7. The average molecular weight is 360 g/mol. The summed E-state index contributed by atoms with van der Waals surface area (Å²) in [5.74, 6) is -0.135. The van der Waals surface area contributed by atoms with Crippen LogP contribution in [-0.4, -0.2) is 40.8 Å². The van der Waals surface area contributed by atoms with Crippen LogP contribution in [0.1, 0.15) is 35.6 Å². The van der Waals surface area contributed by atoms with Gasteiger partial charge in [0.05, 0.1) is 31.6 Å². The lowest BCUT2D eigenvalue weighted by atomic mass is 10.2. The Morgan fingerprint density at radius 3 is 2.85 bits per heavy atom. The zero-order valence-electron chi connectivity index (χ0n) is 15.5. The molecule has 0 bridgehead atoms. The minimum absolute atomic E-state index is 0.120. The highest BCUT2D eigenvalue weighted by Crippen LogP contribution is 2.18. The standard InChI is InChI=1S/C19H25FN4O2/c1-13(2)11-23-6-7-24-16(12-23)9-15(22-24)10-21-19(25)14-4-5-18(26-3)17(20)8-14/h4-5,8-9,13H,6-7,10-12H2,1-3H3,(H,21,25). The normalized spacial score (nSPS) is 14.3. The molecule has 2 heterocycles. The number of nitrogens with zero attached hydrogens (tertiary/aromatic N) is 3. The molecule has 0 saturated heterocycles. The minimum atomic E-state index is -0.553. The first kappa shape index (κ1) is 18.4. The van der Waals surface area contributed by atoms with E-state index >= 15 is 0 Å². The molecule has 3 rings (SSSR count). The van der Waals surface area contributed by atoms with E-state index in [-0.39, 0.29) is 17.2 Å². The Hall–Kier alpha value is -2.41. The molecule has 7 heteroatoms. The number of hydrogen-bond donors (Lipinski definition) is 1. The monoisotopic (exact) mass is 360 g/mol. The van der Waals surface area contributed by atoms with Crippen LogP contribution in [0.4, 0.5) is 4.39 Å². The summed E-state index contributed by atoms with van der Waals surface area (Å²) >= 11 is 0. The number of carbonyl (C=O) groups is 1. The zero-order valence-corrected chi connectivity index (χ0v) is 15.5. The number of carbonyl (C=O) groups excluding carboxylic acids is 1. The number of ether oxygens (including phenoxy) is 1.